The minimum absolute atomic E-state index is 0.00630. The van der Waals surface area contributed by atoms with E-state index in [1.54, 1.807) is 0 Å². The highest BCUT2D eigenvalue weighted by atomic mass is 32.2. The Bertz CT molecular complexity index is 4500. The van der Waals surface area contributed by atoms with Crippen LogP contribution < -0.4 is 11.1 Å². The summed E-state index contributed by atoms with van der Waals surface area (Å²) < 4.78 is 48.5. The smallest absolute Gasteiger partial charge is 0.242 e. The summed E-state index contributed by atoms with van der Waals surface area (Å²) in [6.07, 6.45) is 1.56. The van der Waals surface area contributed by atoms with Crippen LogP contribution in [0.25, 0.3) is 0 Å². The molecule has 0 aromatic heterocycles. The van der Waals surface area contributed by atoms with Crippen LogP contribution in [0, 0.1) is 11.8 Å². The highest BCUT2D eigenvalue weighted by Crippen LogP contribution is 2.25. The highest BCUT2D eigenvalue weighted by Gasteiger charge is 2.40. The molecule has 1 fully saturated rings. The molecule has 1 saturated heterocycles. The van der Waals surface area contributed by atoms with Crippen LogP contribution in [-0.4, -0.2) is 474 Å². The lowest BCUT2D eigenvalue weighted by atomic mass is 10.1. The molecule has 41 nitrogen and oxygen atoms in total. The number of aliphatic hydroxyl groups excluding tert-OH is 1. The Morgan fingerprint density at radius 1 is 0.357 bits per heavy atom. The van der Waals surface area contributed by atoms with Gasteiger partial charge in [-0.2, -0.15) is 11.8 Å². The molecule has 0 saturated carbocycles. The van der Waals surface area contributed by atoms with Crippen LogP contribution in [0.1, 0.15) is 74.6 Å². The Hall–Kier alpha value is -11.4. The van der Waals surface area contributed by atoms with Crippen molar-refractivity contribution >= 4 is 106 Å². The van der Waals surface area contributed by atoms with E-state index in [0.29, 0.717) is 43.3 Å². The molecule has 4 aromatic carbocycles. The van der Waals surface area contributed by atoms with Crippen molar-refractivity contribution < 1.29 is 124 Å². The van der Waals surface area contributed by atoms with Gasteiger partial charge in [-0.25, -0.2) is 0 Å². The average molecular weight is 2030 g/mol. The van der Waals surface area contributed by atoms with Gasteiger partial charge in [0.15, 0.2) is 0 Å². The summed E-state index contributed by atoms with van der Waals surface area (Å²) in [5.41, 5.74) is 8.67. The van der Waals surface area contributed by atoms with E-state index in [0.717, 1.165) is 32.1 Å². The molecule has 1 aliphatic rings. The number of amides is 16. The van der Waals surface area contributed by atoms with Crippen LogP contribution in [0.3, 0.4) is 0 Å². The number of carbonyl (C=O) groups is 16. The Balaban J connectivity index is 1.36. The number of rotatable bonds is 77. The van der Waals surface area contributed by atoms with Crippen molar-refractivity contribution in [2.45, 2.75) is 84.2 Å². The molecule has 4 aromatic rings. The van der Waals surface area contributed by atoms with Gasteiger partial charge in [-0.15, -0.1) is 0 Å². The van der Waals surface area contributed by atoms with Crippen molar-refractivity contribution in [3.63, 3.8) is 0 Å². The fraction of sp³-hybridized carbons (Fsp3) is 0.604. The number of thioether (sulfide) groups is 1. The maximum Gasteiger partial charge on any atom is 0.242 e. The van der Waals surface area contributed by atoms with E-state index in [1.807, 2.05) is 135 Å². The number of nitrogens with zero attached hydrogens (tertiary/aromatic N) is 13. The van der Waals surface area contributed by atoms with Gasteiger partial charge in [0.05, 0.1) is 150 Å². The van der Waals surface area contributed by atoms with E-state index in [-0.39, 0.29) is 220 Å². The molecular weight excluding hydrogens is 1870 g/mol. The van der Waals surface area contributed by atoms with Gasteiger partial charge in [-0.3, -0.25) is 81.6 Å². The van der Waals surface area contributed by atoms with Crippen molar-refractivity contribution in [1.29, 1.82) is 0 Å². The van der Waals surface area contributed by atoms with E-state index in [4.69, 9.17) is 48.4 Å². The average Bonchev–Trinajstić information content (AvgIpc) is 1.64. The zero-order valence-electron chi connectivity index (χ0n) is 85.2. The monoisotopic (exact) mass is 2020 g/mol. The van der Waals surface area contributed by atoms with Crippen molar-refractivity contribution in [1.82, 2.24) is 69.0 Å². The molecule has 143 heavy (non-hydrogen) atoms. The maximum atomic E-state index is 15.3. The van der Waals surface area contributed by atoms with E-state index in [9.17, 15) is 48.3 Å². The highest BCUT2D eigenvalue weighted by molar-refractivity contribution is 7.99. The molecule has 2 unspecified atom stereocenters. The Labute approximate surface area is 845 Å². The second kappa shape index (κ2) is 71.1. The van der Waals surface area contributed by atoms with Gasteiger partial charge in [0.1, 0.15) is 0 Å². The predicted octanol–water partition coefficient (Wildman–Crippen LogP) is 0.765. The summed E-state index contributed by atoms with van der Waals surface area (Å²) >= 11 is 1.37. The third-order valence-corrected chi connectivity index (χ3v) is 24.7. The SMILES string of the molecule is COCCN(CC(N)=O)C(=O)CN(CCOC)C(=O)CN(CCOC)C(=O)CN(CCc1ccccc1)C(=O)CN(CCOC)C(=O)CN(CCc1ccccc1)C(=O)CN(CCOC)C(=O)CN(CCc1ccccc1)C(=O)CN(CCOC)C(=O)CN(CCc1ccccc1)C(=O)CN(CCOC)C(=O)CN(CCOC)C(=O)CCCCCNC(=O)CCN1C(=O)CC(CSCC(O)COCC(C)C)C1=O. The number of nitrogens with one attached hydrogen (secondary N) is 1. The quantitative estimate of drug-likeness (QED) is 0.0406. The van der Waals surface area contributed by atoms with Gasteiger partial charge in [0, 0.05) is 186 Å². The van der Waals surface area contributed by atoms with E-state index < -0.39 is 161 Å². The Kier molecular flexibility index (Phi) is 60.7. The summed E-state index contributed by atoms with van der Waals surface area (Å²) in [6.45, 7) is -3.36. The topological polar surface area (TPSA) is 457 Å². The van der Waals surface area contributed by atoms with E-state index in [1.165, 1.54) is 123 Å². The molecule has 42 heteroatoms. The largest absolute Gasteiger partial charge is 0.390 e. The van der Waals surface area contributed by atoms with Crippen LogP contribution in [0.15, 0.2) is 121 Å². The molecule has 0 bridgehead atoms. The molecule has 794 valence electrons. The molecule has 1 aliphatic heterocycles. The van der Waals surface area contributed by atoms with E-state index >= 15 is 33.6 Å². The number of unbranched alkanes of at least 4 members (excludes halogenated alkanes) is 2. The lowest BCUT2D eigenvalue weighted by Gasteiger charge is -2.33. The van der Waals surface area contributed by atoms with Crippen molar-refractivity contribution in [3.05, 3.63) is 144 Å². The van der Waals surface area contributed by atoms with E-state index in [2.05, 4.69) is 5.32 Å². The lowest BCUT2D eigenvalue weighted by molar-refractivity contribution is -0.150. The lowest BCUT2D eigenvalue weighted by Crippen LogP contribution is -2.54. The molecular formula is C101H153N15O26S. The molecule has 0 spiro atoms. The summed E-state index contributed by atoms with van der Waals surface area (Å²) in [5.74, 6) is -9.27. The first-order chi connectivity index (χ1) is 68.9. The Morgan fingerprint density at radius 3 is 0.874 bits per heavy atom. The normalized spacial score (nSPS) is 12.4. The molecule has 1 heterocycles. The van der Waals surface area contributed by atoms with Crippen molar-refractivity contribution in [2.75, 3.05) is 305 Å². The number of benzene rings is 4. The number of primary amides is 1. The first-order valence-corrected chi connectivity index (χ1v) is 49.7. The van der Waals surface area contributed by atoms with Gasteiger partial charge >= 0.3 is 0 Å². The molecule has 5 rings (SSSR count). The zero-order valence-corrected chi connectivity index (χ0v) is 86.0. The fourth-order valence-corrected chi connectivity index (χ4v) is 16.1. The van der Waals surface area contributed by atoms with Gasteiger partial charge in [0.2, 0.25) is 94.5 Å². The van der Waals surface area contributed by atoms with Gasteiger partial charge in [0.25, 0.3) is 0 Å². The standard InChI is InChI=1S/C101H153N15O26S/c1-79(2)75-142-76-85(117)78-143-77-84-62-89(121)116(101(84)133)45-39-87(119)103-40-25-15-24-34-88(120)109(47-55-135-4)68-99(131)113(51-59-139-8)72-93(125)106(43-37-82-30-20-13-21-31-82)66-97(129)111(49-57-137-6)70-91(123)104(41-35-80-26-16-11-17-27-80)64-95(127)110(48-56-136-5)69-90(122)105(42-36-81-28-18-12-19-29-81)65-96(128)112(50-58-138-7)71-92(124)107(44-38-83-32-22-14-23-33-83)67-98(130)115(53-61-141-10)74-100(132)114(52-60-140-9)73-94(126)108(46-54-134-3)63-86(102)118/h11-14,16-23,26-33,79,84-85,117H,15,24-25,34-78H2,1-10H3,(H2,102,118)(H,103,119). The number of hydrogen-bond acceptors (Lipinski definition) is 27. The number of likely N-dealkylation sites (tertiary alicyclic amines) is 1. The predicted molar refractivity (Wildman–Crippen MR) is 534 cm³/mol. The summed E-state index contributed by atoms with van der Waals surface area (Å²) in [4.78, 5) is 245. The minimum Gasteiger partial charge on any atom is -0.390 e. The van der Waals surface area contributed by atoms with Crippen LogP contribution in [0.2, 0.25) is 0 Å². The molecule has 2 atom stereocenters. The summed E-state index contributed by atoms with van der Waals surface area (Å²) in [7, 11) is 11.3. The zero-order chi connectivity index (χ0) is 105. The molecule has 0 aliphatic carbocycles. The van der Waals surface area contributed by atoms with Crippen LogP contribution in [0.4, 0.5) is 0 Å². The third-order valence-electron chi connectivity index (χ3n) is 23.4. The Morgan fingerprint density at radius 2 is 0.615 bits per heavy atom. The number of hydrogen-bond donors (Lipinski definition) is 3. The number of methoxy groups -OCH3 is 8. The first kappa shape index (κ1) is 122. The third kappa shape index (κ3) is 48.7. The summed E-state index contributed by atoms with van der Waals surface area (Å²) in [6, 6.07) is 36.5. The molecule has 16 amide bonds. The van der Waals surface area contributed by atoms with Gasteiger partial charge in [-0.1, -0.05) is 142 Å². The number of nitrogens with two attached hydrogens (primary N) is 1. The van der Waals surface area contributed by atoms with Crippen LogP contribution >= 0.6 is 11.8 Å². The van der Waals surface area contributed by atoms with Gasteiger partial charge < -0.3 is 118 Å². The van der Waals surface area contributed by atoms with Crippen molar-refractivity contribution in [2.24, 2.45) is 17.6 Å². The van der Waals surface area contributed by atoms with Crippen LogP contribution in [-0.2, 0) is 145 Å². The second-order valence-electron chi connectivity index (χ2n) is 35.0. The van der Waals surface area contributed by atoms with Gasteiger partial charge in [-0.05, 0) is 66.7 Å². The van der Waals surface area contributed by atoms with Crippen LogP contribution in [0.5, 0.6) is 0 Å². The number of imide groups is 1. The minimum atomic E-state index is -0.793. The second-order valence-corrected chi connectivity index (χ2v) is 36.0. The van der Waals surface area contributed by atoms with Crippen molar-refractivity contribution in [3.8, 4) is 0 Å². The number of ether oxygens (including phenoxy) is 9. The number of aliphatic hydroxyl groups is 1. The first-order valence-electron chi connectivity index (χ1n) is 48.5. The molecule has 0 radical (unpaired) electrons. The molecule has 4 N–H and O–H groups in total. The maximum absolute atomic E-state index is 15.3. The summed E-state index contributed by atoms with van der Waals surface area (Å²) in [5, 5.41) is 13.1. The fourth-order valence-electron chi connectivity index (χ4n) is 15.1. The number of carbonyl (C=O) groups excluding carboxylic acids is 16.